The van der Waals surface area contributed by atoms with Gasteiger partial charge in [0.05, 0.1) is 12.0 Å². The number of aromatic nitrogens is 2. The number of carboxylic acids is 1. The largest absolute Gasteiger partial charge is 0.480 e. The summed E-state index contributed by atoms with van der Waals surface area (Å²) in [6.07, 6.45) is 1.22. The molecule has 0 radical (unpaired) electrons. The average molecular weight is 265 g/mol. The zero-order valence-electron chi connectivity index (χ0n) is 9.21. The van der Waals surface area contributed by atoms with Crippen molar-refractivity contribution in [2.24, 2.45) is 0 Å². The molecule has 0 aliphatic heterocycles. The lowest BCUT2D eigenvalue weighted by atomic mass is 10.1. The Labute approximate surface area is 107 Å². The molecule has 1 aromatic heterocycles. The van der Waals surface area contributed by atoms with E-state index >= 15 is 0 Å². The van der Waals surface area contributed by atoms with Crippen molar-refractivity contribution in [3.63, 3.8) is 0 Å². The van der Waals surface area contributed by atoms with E-state index < -0.39 is 18.1 Å². The third-order valence-corrected chi connectivity index (χ3v) is 2.58. The van der Waals surface area contributed by atoms with Crippen LogP contribution in [0.3, 0.4) is 0 Å². The average Bonchev–Trinajstić information content (AvgIpc) is 2.32. The summed E-state index contributed by atoms with van der Waals surface area (Å²) in [4.78, 5) is 26.2. The van der Waals surface area contributed by atoms with Crippen LogP contribution in [0.4, 0.5) is 0 Å². The minimum absolute atomic E-state index is 0.396. The summed E-state index contributed by atoms with van der Waals surface area (Å²) < 4.78 is 1.03. The van der Waals surface area contributed by atoms with Crippen molar-refractivity contribution in [2.45, 2.75) is 6.54 Å². The maximum Gasteiger partial charge on any atom is 0.323 e. The molecule has 1 N–H and O–H groups in total. The fraction of sp³-hybridized carbons (Fsp3) is 0.0833. The van der Waals surface area contributed by atoms with Crippen molar-refractivity contribution < 1.29 is 9.90 Å². The van der Waals surface area contributed by atoms with Gasteiger partial charge >= 0.3 is 5.97 Å². The van der Waals surface area contributed by atoms with E-state index in [1.54, 1.807) is 24.3 Å². The fourth-order valence-electron chi connectivity index (χ4n) is 1.47. The van der Waals surface area contributed by atoms with Crippen LogP contribution in [0.2, 0.25) is 5.02 Å². The summed E-state index contributed by atoms with van der Waals surface area (Å²) in [5, 5.41) is 9.20. The highest BCUT2D eigenvalue weighted by Gasteiger charge is 2.05. The second-order valence-electron chi connectivity index (χ2n) is 3.64. The molecule has 0 amide bonds. The van der Waals surface area contributed by atoms with Crippen LogP contribution in [0.1, 0.15) is 0 Å². The lowest BCUT2D eigenvalue weighted by Gasteiger charge is -2.04. The minimum atomic E-state index is -1.09. The summed E-state index contributed by atoms with van der Waals surface area (Å²) in [5.41, 5.74) is 0.828. The Kier molecular flexibility index (Phi) is 3.43. The van der Waals surface area contributed by atoms with E-state index in [4.69, 9.17) is 16.7 Å². The summed E-state index contributed by atoms with van der Waals surface area (Å²) in [5.74, 6) is -1.09. The third-order valence-electron chi connectivity index (χ3n) is 2.33. The Morgan fingerprint density at radius 1 is 1.33 bits per heavy atom. The first-order valence-electron chi connectivity index (χ1n) is 5.10. The number of aliphatic carboxylic acids is 1. The van der Waals surface area contributed by atoms with Crippen LogP contribution in [0.15, 0.2) is 41.5 Å². The maximum absolute atomic E-state index is 11.6. The van der Waals surface area contributed by atoms with Crippen LogP contribution >= 0.6 is 11.6 Å². The lowest BCUT2D eigenvalue weighted by molar-refractivity contribution is -0.137. The van der Waals surface area contributed by atoms with E-state index in [1.807, 2.05) is 0 Å². The van der Waals surface area contributed by atoms with Crippen LogP contribution < -0.4 is 5.56 Å². The van der Waals surface area contributed by atoms with E-state index in [9.17, 15) is 9.59 Å². The number of nitrogens with zero attached hydrogens (tertiary/aromatic N) is 2. The summed E-state index contributed by atoms with van der Waals surface area (Å²) >= 11 is 5.76. The molecule has 1 heterocycles. The van der Waals surface area contributed by atoms with E-state index in [0.29, 0.717) is 10.7 Å². The first kappa shape index (κ1) is 12.3. The van der Waals surface area contributed by atoms with Crippen molar-refractivity contribution in [3.8, 4) is 11.3 Å². The van der Waals surface area contributed by atoms with Crippen LogP contribution in [0.25, 0.3) is 11.3 Å². The molecule has 18 heavy (non-hydrogen) atoms. The number of carboxylic acid groups (broad SMARTS) is 1. The Morgan fingerprint density at radius 2 is 2.00 bits per heavy atom. The van der Waals surface area contributed by atoms with Crippen molar-refractivity contribution >= 4 is 17.6 Å². The van der Waals surface area contributed by atoms with Crippen LogP contribution in [-0.4, -0.2) is 20.6 Å². The normalized spacial score (nSPS) is 10.3. The molecule has 1 aromatic carbocycles. The number of rotatable bonds is 3. The summed E-state index contributed by atoms with van der Waals surface area (Å²) in [7, 11) is 0. The number of carbonyl (C=O) groups is 1. The number of hydrogen-bond acceptors (Lipinski definition) is 3. The van der Waals surface area contributed by atoms with E-state index in [2.05, 4.69) is 4.98 Å². The first-order chi connectivity index (χ1) is 8.56. The Bertz CT molecular complexity index is 635. The predicted octanol–water partition coefficient (Wildman–Crippen LogP) is 1.65. The first-order valence-corrected chi connectivity index (χ1v) is 5.48. The summed E-state index contributed by atoms with van der Waals surface area (Å²) in [6.45, 7) is -0.396. The van der Waals surface area contributed by atoms with Crippen LogP contribution in [0, 0.1) is 0 Å². The van der Waals surface area contributed by atoms with Gasteiger partial charge in [0, 0.05) is 16.7 Å². The fourth-order valence-corrected chi connectivity index (χ4v) is 1.59. The second-order valence-corrected chi connectivity index (χ2v) is 4.08. The molecule has 0 aliphatic rings. The Morgan fingerprint density at radius 3 is 2.56 bits per heavy atom. The van der Waals surface area contributed by atoms with Gasteiger partial charge < -0.3 is 5.11 Å². The molecule has 6 heteroatoms. The smallest absolute Gasteiger partial charge is 0.323 e. The molecular formula is C12H9ClN2O3. The molecule has 0 fully saturated rings. The molecule has 0 unspecified atom stereocenters. The SMILES string of the molecule is O=C(O)Cn1cnc(-c2ccc(Cl)cc2)cc1=O. The molecule has 0 bridgehead atoms. The molecule has 0 atom stereocenters. The molecule has 0 saturated heterocycles. The summed E-state index contributed by atoms with van der Waals surface area (Å²) in [6, 6.07) is 8.17. The van der Waals surface area contributed by atoms with Crippen molar-refractivity contribution in [1.29, 1.82) is 0 Å². The zero-order valence-corrected chi connectivity index (χ0v) is 9.96. The van der Waals surface area contributed by atoms with Gasteiger partial charge in [0.1, 0.15) is 6.54 Å². The van der Waals surface area contributed by atoms with E-state index in [0.717, 1.165) is 10.1 Å². The zero-order chi connectivity index (χ0) is 13.1. The topological polar surface area (TPSA) is 72.2 Å². The van der Waals surface area contributed by atoms with Gasteiger partial charge in [-0.05, 0) is 12.1 Å². The second kappa shape index (κ2) is 5.01. The van der Waals surface area contributed by atoms with Gasteiger partial charge in [0.2, 0.25) is 0 Å². The Balaban J connectivity index is 2.37. The molecule has 5 nitrogen and oxygen atoms in total. The van der Waals surface area contributed by atoms with Crippen LogP contribution in [-0.2, 0) is 11.3 Å². The van der Waals surface area contributed by atoms with Gasteiger partial charge in [-0.2, -0.15) is 0 Å². The van der Waals surface area contributed by atoms with E-state index in [-0.39, 0.29) is 0 Å². The van der Waals surface area contributed by atoms with E-state index in [1.165, 1.54) is 12.4 Å². The quantitative estimate of drug-likeness (QED) is 0.915. The molecule has 2 rings (SSSR count). The monoisotopic (exact) mass is 264 g/mol. The molecule has 0 saturated carbocycles. The molecule has 0 aliphatic carbocycles. The van der Waals surface area contributed by atoms with Crippen molar-refractivity contribution in [2.75, 3.05) is 0 Å². The molecule has 92 valence electrons. The standard InChI is InChI=1S/C12H9ClN2O3/c13-9-3-1-8(2-4-9)10-5-11(16)15(7-14-10)6-12(17)18/h1-5,7H,6H2,(H,17,18). The van der Waals surface area contributed by atoms with Crippen molar-refractivity contribution in [3.05, 3.63) is 52.0 Å². The minimum Gasteiger partial charge on any atom is -0.480 e. The highest BCUT2D eigenvalue weighted by molar-refractivity contribution is 6.30. The van der Waals surface area contributed by atoms with Gasteiger partial charge in [-0.15, -0.1) is 0 Å². The van der Waals surface area contributed by atoms with Gasteiger partial charge in [-0.25, -0.2) is 4.98 Å². The van der Waals surface area contributed by atoms with Gasteiger partial charge in [0.15, 0.2) is 0 Å². The molecule has 2 aromatic rings. The lowest BCUT2D eigenvalue weighted by Crippen LogP contribution is -2.23. The Hall–Kier alpha value is -2.14. The number of hydrogen-bond donors (Lipinski definition) is 1. The molecular weight excluding hydrogens is 256 g/mol. The van der Waals surface area contributed by atoms with Gasteiger partial charge in [-0.3, -0.25) is 14.2 Å². The highest BCUT2D eigenvalue weighted by atomic mass is 35.5. The number of benzene rings is 1. The maximum atomic E-state index is 11.6. The van der Waals surface area contributed by atoms with Gasteiger partial charge in [-0.1, -0.05) is 23.7 Å². The van der Waals surface area contributed by atoms with Crippen LogP contribution in [0.5, 0.6) is 0 Å². The third kappa shape index (κ3) is 2.75. The molecule has 0 spiro atoms. The number of halogens is 1. The van der Waals surface area contributed by atoms with Crippen molar-refractivity contribution in [1.82, 2.24) is 9.55 Å². The highest BCUT2D eigenvalue weighted by Crippen LogP contribution is 2.17. The van der Waals surface area contributed by atoms with Gasteiger partial charge in [0.25, 0.3) is 5.56 Å². The predicted molar refractivity (Wildman–Crippen MR) is 66.6 cm³/mol.